The predicted molar refractivity (Wildman–Crippen MR) is 108 cm³/mol. The number of anilines is 1. The van der Waals surface area contributed by atoms with Crippen LogP contribution in [-0.4, -0.2) is 12.5 Å². The third-order valence-electron chi connectivity index (χ3n) is 4.27. The van der Waals surface area contributed by atoms with E-state index in [0.29, 0.717) is 19.4 Å². The second-order valence-electron chi connectivity index (χ2n) is 6.35. The average molecular weight is 362 g/mol. The van der Waals surface area contributed by atoms with Crippen molar-refractivity contribution in [1.29, 1.82) is 5.26 Å². The van der Waals surface area contributed by atoms with E-state index in [1.54, 1.807) is 6.08 Å². The first-order valence-corrected chi connectivity index (χ1v) is 9.29. The highest BCUT2D eigenvalue weighted by molar-refractivity contribution is 5.82. The number of ether oxygens (including phenoxy) is 1. The number of benzene rings is 2. The molecule has 4 nitrogen and oxygen atoms in total. The minimum atomic E-state index is -1.25. The van der Waals surface area contributed by atoms with Crippen LogP contribution in [0.1, 0.15) is 31.7 Å². The standard InChI is InChI=1S/C23H26N2O2/c1-2-3-15-23(19-24,16-10-17-25-21-13-8-5-9-14-21)22(26)27-18-20-11-6-4-7-12-20/h3-9,11-15,25H,2,10,16-18H2,1H3/b15-3+. The van der Waals surface area contributed by atoms with Crippen LogP contribution in [0.15, 0.2) is 72.8 Å². The van der Waals surface area contributed by atoms with E-state index in [1.807, 2.05) is 73.7 Å². The molecule has 2 rings (SSSR count). The number of hydrogen-bond donors (Lipinski definition) is 1. The van der Waals surface area contributed by atoms with Crippen molar-refractivity contribution >= 4 is 11.7 Å². The second kappa shape index (κ2) is 10.8. The highest BCUT2D eigenvalue weighted by Crippen LogP contribution is 2.28. The Morgan fingerprint density at radius 3 is 2.44 bits per heavy atom. The van der Waals surface area contributed by atoms with Crippen molar-refractivity contribution in [3.8, 4) is 6.07 Å². The van der Waals surface area contributed by atoms with Gasteiger partial charge >= 0.3 is 5.97 Å². The molecule has 27 heavy (non-hydrogen) atoms. The van der Waals surface area contributed by atoms with Crippen LogP contribution in [0.2, 0.25) is 0 Å². The number of nitrogens with zero attached hydrogens (tertiary/aromatic N) is 1. The van der Waals surface area contributed by atoms with E-state index in [-0.39, 0.29) is 6.61 Å². The smallest absolute Gasteiger partial charge is 0.330 e. The highest BCUT2D eigenvalue weighted by atomic mass is 16.5. The van der Waals surface area contributed by atoms with Gasteiger partial charge in [0, 0.05) is 12.2 Å². The molecule has 4 heteroatoms. The van der Waals surface area contributed by atoms with Crippen LogP contribution in [0, 0.1) is 16.7 Å². The summed E-state index contributed by atoms with van der Waals surface area (Å²) in [6, 6.07) is 21.6. The van der Waals surface area contributed by atoms with Crippen molar-refractivity contribution < 1.29 is 9.53 Å². The van der Waals surface area contributed by atoms with E-state index in [1.165, 1.54) is 0 Å². The lowest BCUT2D eigenvalue weighted by Crippen LogP contribution is -2.30. The molecule has 0 radical (unpaired) electrons. The number of hydrogen-bond acceptors (Lipinski definition) is 4. The lowest BCUT2D eigenvalue weighted by Gasteiger charge is -2.21. The molecule has 0 aromatic heterocycles. The van der Waals surface area contributed by atoms with Crippen LogP contribution in [-0.2, 0) is 16.1 Å². The van der Waals surface area contributed by atoms with E-state index >= 15 is 0 Å². The SMILES string of the molecule is CC/C=C/C(C#N)(CCCNc1ccccc1)C(=O)OCc1ccccc1. The minimum Gasteiger partial charge on any atom is -0.459 e. The van der Waals surface area contributed by atoms with Crippen molar-refractivity contribution in [2.24, 2.45) is 5.41 Å². The topological polar surface area (TPSA) is 62.1 Å². The van der Waals surface area contributed by atoms with Crippen LogP contribution in [0.5, 0.6) is 0 Å². The van der Waals surface area contributed by atoms with Crippen molar-refractivity contribution in [3.63, 3.8) is 0 Å². The fourth-order valence-electron chi connectivity index (χ4n) is 2.72. The molecule has 0 saturated carbocycles. The Morgan fingerprint density at radius 1 is 1.15 bits per heavy atom. The Kier molecular flexibility index (Phi) is 8.12. The van der Waals surface area contributed by atoms with E-state index in [4.69, 9.17) is 4.74 Å². The third kappa shape index (κ3) is 6.31. The van der Waals surface area contributed by atoms with E-state index < -0.39 is 11.4 Å². The lowest BCUT2D eigenvalue weighted by molar-refractivity contribution is -0.151. The normalized spacial score (nSPS) is 12.9. The molecule has 0 aliphatic heterocycles. The molecule has 2 aromatic rings. The van der Waals surface area contributed by atoms with Gasteiger partial charge in [-0.3, -0.25) is 0 Å². The van der Waals surface area contributed by atoms with Gasteiger partial charge in [0.25, 0.3) is 0 Å². The Morgan fingerprint density at radius 2 is 1.81 bits per heavy atom. The summed E-state index contributed by atoms with van der Waals surface area (Å²) in [5.74, 6) is -0.488. The van der Waals surface area contributed by atoms with Crippen LogP contribution in [0.3, 0.4) is 0 Å². The van der Waals surface area contributed by atoms with Crippen molar-refractivity contribution in [3.05, 3.63) is 78.4 Å². The Bertz CT molecular complexity index is 766. The third-order valence-corrected chi connectivity index (χ3v) is 4.27. The quantitative estimate of drug-likeness (QED) is 0.363. The predicted octanol–water partition coefficient (Wildman–Crippen LogP) is 5.10. The Hall–Kier alpha value is -3.06. The summed E-state index contributed by atoms with van der Waals surface area (Å²) in [7, 11) is 0. The number of carbonyl (C=O) groups excluding carboxylic acids is 1. The molecule has 0 saturated heterocycles. The van der Waals surface area contributed by atoms with Crippen LogP contribution in [0.4, 0.5) is 5.69 Å². The zero-order valence-electron chi connectivity index (χ0n) is 15.7. The van der Waals surface area contributed by atoms with Crippen molar-refractivity contribution in [2.45, 2.75) is 32.8 Å². The molecule has 0 fully saturated rings. The number of para-hydroxylation sites is 1. The molecule has 0 aliphatic rings. The molecule has 0 aliphatic carbocycles. The highest BCUT2D eigenvalue weighted by Gasteiger charge is 2.37. The zero-order chi connectivity index (χ0) is 19.4. The minimum absolute atomic E-state index is 0.172. The van der Waals surface area contributed by atoms with Gasteiger partial charge < -0.3 is 10.1 Å². The number of allylic oxidation sites excluding steroid dienone is 1. The molecule has 0 amide bonds. The summed E-state index contributed by atoms with van der Waals surface area (Å²) < 4.78 is 5.46. The summed E-state index contributed by atoms with van der Waals surface area (Å²) >= 11 is 0. The molecule has 2 aromatic carbocycles. The molecular formula is C23H26N2O2. The number of carbonyl (C=O) groups is 1. The molecule has 140 valence electrons. The maximum absolute atomic E-state index is 12.7. The monoisotopic (exact) mass is 362 g/mol. The van der Waals surface area contributed by atoms with E-state index in [9.17, 15) is 10.1 Å². The van der Waals surface area contributed by atoms with Gasteiger partial charge in [-0.05, 0) is 37.0 Å². The number of rotatable bonds is 10. The fraction of sp³-hybridized carbons (Fsp3) is 0.304. The molecule has 0 spiro atoms. The van der Waals surface area contributed by atoms with Crippen molar-refractivity contribution in [2.75, 3.05) is 11.9 Å². The van der Waals surface area contributed by atoms with Gasteiger partial charge in [0.05, 0.1) is 6.07 Å². The number of nitrogens with one attached hydrogen (secondary N) is 1. The molecule has 1 unspecified atom stereocenters. The average Bonchev–Trinajstić information content (AvgIpc) is 2.73. The molecule has 0 heterocycles. The lowest BCUT2D eigenvalue weighted by atomic mass is 9.84. The number of esters is 1. The van der Waals surface area contributed by atoms with Gasteiger partial charge in [0.2, 0.25) is 0 Å². The molecule has 1 atom stereocenters. The van der Waals surface area contributed by atoms with Crippen LogP contribution in [0.25, 0.3) is 0 Å². The first kappa shape index (κ1) is 20.3. The Balaban J connectivity index is 1.96. The fourth-order valence-corrected chi connectivity index (χ4v) is 2.72. The van der Waals surface area contributed by atoms with Gasteiger partial charge in [0.1, 0.15) is 6.61 Å². The molecule has 0 bridgehead atoms. The van der Waals surface area contributed by atoms with E-state index in [2.05, 4.69) is 11.4 Å². The largest absolute Gasteiger partial charge is 0.459 e. The van der Waals surface area contributed by atoms with Crippen molar-refractivity contribution in [1.82, 2.24) is 0 Å². The molecular weight excluding hydrogens is 336 g/mol. The van der Waals surface area contributed by atoms with Gasteiger partial charge in [-0.1, -0.05) is 67.6 Å². The summed E-state index contributed by atoms with van der Waals surface area (Å²) in [5, 5.41) is 13.1. The maximum Gasteiger partial charge on any atom is 0.330 e. The van der Waals surface area contributed by atoms with Gasteiger partial charge in [-0.2, -0.15) is 5.26 Å². The summed E-state index contributed by atoms with van der Waals surface area (Å²) in [4.78, 5) is 12.7. The van der Waals surface area contributed by atoms with Crippen LogP contribution < -0.4 is 5.32 Å². The van der Waals surface area contributed by atoms with E-state index in [0.717, 1.165) is 17.7 Å². The first-order chi connectivity index (χ1) is 13.2. The molecule has 1 N–H and O–H groups in total. The second-order valence-corrected chi connectivity index (χ2v) is 6.35. The van der Waals surface area contributed by atoms with Gasteiger partial charge in [-0.25, -0.2) is 4.79 Å². The summed E-state index contributed by atoms with van der Waals surface area (Å²) in [5.41, 5.74) is 0.683. The first-order valence-electron chi connectivity index (χ1n) is 9.29. The summed E-state index contributed by atoms with van der Waals surface area (Å²) in [6.07, 6.45) is 5.41. The number of nitriles is 1. The van der Waals surface area contributed by atoms with Crippen LogP contribution >= 0.6 is 0 Å². The summed E-state index contributed by atoms with van der Waals surface area (Å²) in [6.45, 7) is 2.83. The maximum atomic E-state index is 12.7. The van der Waals surface area contributed by atoms with Gasteiger partial charge in [-0.15, -0.1) is 0 Å². The Labute approximate surface area is 161 Å². The zero-order valence-corrected chi connectivity index (χ0v) is 15.7. The van der Waals surface area contributed by atoms with Gasteiger partial charge in [0.15, 0.2) is 5.41 Å².